The zero-order valence-electron chi connectivity index (χ0n) is 8.67. The standard InChI is InChI=1S/C11H15NO2/c1-3-4-9-5-12-8(2)11-10(9)6-13-7-14-11/h5H,3-4,6-7H2,1-2H3. The van der Waals surface area contributed by atoms with E-state index in [0.29, 0.717) is 13.4 Å². The van der Waals surface area contributed by atoms with Crippen molar-refractivity contribution in [3.05, 3.63) is 23.0 Å². The molecular weight excluding hydrogens is 178 g/mol. The summed E-state index contributed by atoms with van der Waals surface area (Å²) in [6.45, 7) is 5.15. The fraction of sp³-hybridized carbons (Fsp3) is 0.545. The first-order chi connectivity index (χ1) is 6.83. The lowest BCUT2D eigenvalue weighted by Crippen LogP contribution is -2.15. The molecule has 0 atom stereocenters. The molecule has 0 unspecified atom stereocenters. The van der Waals surface area contributed by atoms with E-state index in [1.165, 1.54) is 11.1 Å². The Morgan fingerprint density at radius 3 is 3.14 bits per heavy atom. The summed E-state index contributed by atoms with van der Waals surface area (Å²) < 4.78 is 10.7. The normalized spacial score (nSPS) is 14.7. The molecule has 1 aliphatic rings. The Morgan fingerprint density at radius 1 is 1.50 bits per heavy atom. The first-order valence-corrected chi connectivity index (χ1v) is 5.00. The van der Waals surface area contributed by atoms with E-state index in [-0.39, 0.29) is 0 Å². The van der Waals surface area contributed by atoms with Gasteiger partial charge in [-0.2, -0.15) is 0 Å². The Kier molecular flexibility index (Phi) is 2.68. The predicted octanol–water partition coefficient (Wildman–Crippen LogP) is 2.21. The summed E-state index contributed by atoms with van der Waals surface area (Å²) in [6, 6.07) is 0. The topological polar surface area (TPSA) is 31.4 Å². The third kappa shape index (κ3) is 1.60. The molecule has 0 saturated carbocycles. The first-order valence-electron chi connectivity index (χ1n) is 5.00. The monoisotopic (exact) mass is 193 g/mol. The van der Waals surface area contributed by atoms with Crippen molar-refractivity contribution in [3.8, 4) is 5.75 Å². The van der Waals surface area contributed by atoms with E-state index in [1.54, 1.807) is 0 Å². The van der Waals surface area contributed by atoms with Crippen LogP contribution in [0.25, 0.3) is 0 Å². The van der Waals surface area contributed by atoms with Crippen molar-refractivity contribution < 1.29 is 9.47 Å². The Hall–Kier alpha value is -1.09. The quantitative estimate of drug-likeness (QED) is 0.721. The van der Waals surface area contributed by atoms with Crippen LogP contribution >= 0.6 is 0 Å². The molecule has 0 amide bonds. The lowest BCUT2D eigenvalue weighted by Gasteiger charge is -2.21. The Balaban J connectivity index is 2.42. The minimum atomic E-state index is 0.352. The molecule has 0 fully saturated rings. The van der Waals surface area contributed by atoms with Gasteiger partial charge in [0.2, 0.25) is 0 Å². The highest BCUT2D eigenvalue weighted by molar-refractivity contribution is 5.42. The largest absolute Gasteiger partial charge is 0.465 e. The van der Waals surface area contributed by atoms with E-state index in [2.05, 4.69) is 11.9 Å². The summed E-state index contributed by atoms with van der Waals surface area (Å²) in [6.07, 6.45) is 4.11. The van der Waals surface area contributed by atoms with Crippen molar-refractivity contribution in [3.63, 3.8) is 0 Å². The molecule has 0 N–H and O–H groups in total. The van der Waals surface area contributed by atoms with Crippen LogP contribution in [-0.4, -0.2) is 11.8 Å². The highest BCUT2D eigenvalue weighted by atomic mass is 16.7. The molecule has 2 heterocycles. The minimum absolute atomic E-state index is 0.352. The van der Waals surface area contributed by atoms with E-state index in [1.807, 2.05) is 13.1 Å². The third-order valence-corrected chi connectivity index (χ3v) is 2.46. The minimum Gasteiger partial charge on any atom is -0.465 e. The molecular formula is C11H15NO2. The molecule has 14 heavy (non-hydrogen) atoms. The highest BCUT2D eigenvalue weighted by Crippen LogP contribution is 2.29. The number of hydrogen-bond donors (Lipinski definition) is 0. The Bertz CT molecular complexity index is 336. The third-order valence-electron chi connectivity index (χ3n) is 2.46. The number of ether oxygens (including phenoxy) is 2. The zero-order valence-corrected chi connectivity index (χ0v) is 8.67. The molecule has 1 aliphatic heterocycles. The number of hydrogen-bond acceptors (Lipinski definition) is 3. The van der Waals surface area contributed by atoms with Gasteiger partial charge in [0.25, 0.3) is 0 Å². The maximum Gasteiger partial charge on any atom is 0.189 e. The molecule has 3 nitrogen and oxygen atoms in total. The van der Waals surface area contributed by atoms with Crippen LogP contribution in [0.3, 0.4) is 0 Å². The zero-order chi connectivity index (χ0) is 9.97. The van der Waals surface area contributed by atoms with Crippen LogP contribution in [0.1, 0.15) is 30.2 Å². The molecule has 1 aromatic heterocycles. The van der Waals surface area contributed by atoms with Gasteiger partial charge >= 0.3 is 0 Å². The van der Waals surface area contributed by atoms with Crippen LogP contribution in [-0.2, 0) is 17.8 Å². The lowest BCUT2D eigenvalue weighted by atomic mass is 10.0. The van der Waals surface area contributed by atoms with Crippen molar-refractivity contribution >= 4 is 0 Å². The second-order valence-corrected chi connectivity index (χ2v) is 3.54. The number of nitrogens with zero attached hydrogens (tertiary/aromatic N) is 1. The van der Waals surface area contributed by atoms with Gasteiger partial charge in [0, 0.05) is 11.8 Å². The molecule has 2 rings (SSSR count). The van der Waals surface area contributed by atoms with Crippen LogP contribution < -0.4 is 4.74 Å². The van der Waals surface area contributed by atoms with Crippen molar-refractivity contribution in [2.45, 2.75) is 33.3 Å². The van der Waals surface area contributed by atoms with Crippen LogP contribution in [0.15, 0.2) is 6.20 Å². The number of rotatable bonds is 2. The van der Waals surface area contributed by atoms with Crippen molar-refractivity contribution in [1.82, 2.24) is 4.98 Å². The molecule has 0 radical (unpaired) electrons. The second-order valence-electron chi connectivity index (χ2n) is 3.54. The smallest absolute Gasteiger partial charge is 0.189 e. The Morgan fingerprint density at radius 2 is 2.36 bits per heavy atom. The number of pyridine rings is 1. The van der Waals surface area contributed by atoms with Crippen LogP contribution in [0.5, 0.6) is 5.75 Å². The SMILES string of the molecule is CCCc1cnc(C)c2c1COCO2. The van der Waals surface area contributed by atoms with E-state index in [4.69, 9.17) is 9.47 Å². The van der Waals surface area contributed by atoms with Crippen molar-refractivity contribution in [2.24, 2.45) is 0 Å². The maximum atomic E-state index is 5.46. The molecule has 0 saturated heterocycles. The van der Waals surface area contributed by atoms with Gasteiger partial charge in [0.05, 0.1) is 12.3 Å². The molecule has 1 aromatic rings. The van der Waals surface area contributed by atoms with Crippen molar-refractivity contribution in [2.75, 3.05) is 6.79 Å². The van der Waals surface area contributed by atoms with Gasteiger partial charge in [-0.25, -0.2) is 0 Å². The van der Waals surface area contributed by atoms with E-state index in [0.717, 1.165) is 24.3 Å². The summed E-state index contributed by atoms with van der Waals surface area (Å²) in [5.41, 5.74) is 3.40. The van der Waals surface area contributed by atoms with Gasteiger partial charge in [0.15, 0.2) is 6.79 Å². The number of fused-ring (bicyclic) bond motifs is 1. The number of aromatic nitrogens is 1. The summed E-state index contributed by atoms with van der Waals surface area (Å²) >= 11 is 0. The summed E-state index contributed by atoms with van der Waals surface area (Å²) in [7, 11) is 0. The molecule has 0 spiro atoms. The molecule has 0 aliphatic carbocycles. The molecule has 0 aromatic carbocycles. The molecule has 76 valence electrons. The Labute approximate surface area is 84.1 Å². The van der Waals surface area contributed by atoms with Crippen LogP contribution in [0.2, 0.25) is 0 Å². The van der Waals surface area contributed by atoms with Gasteiger partial charge in [0.1, 0.15) is 5.75 Å². The van der Waals surface area contributed by atoms with E-state index in [9.17, 15) is 0 Å². The van der Waals surface area contributed by atoms with E-state index < -0.39 is 0 Å². The van der Waals surface area contributed by atoms with Crippen LogP contribution in [0.4, 0.5) is 0 Å². The second kappa shape index (κ2) is 3.96. The summed E-state index contributed by atoms with van der Waals surface area (Å²) in [5, 5.41) is 0. The fourth-order valence-electron chi connectivity index (χ4n) is 1.75. The maximum absolute atomic E-state index is 5.46. The highest BCUT2D eigenvalue weighted by Gasteiger charge is 2.17. The average molecular weight is 193 g/mol. The predicted molar refractivity (Wildman–Crippen MR) is 53.3 cm³/mol. The lowest BCUT2D eigenvalue weighted by molar-refractivity contribution is -0.0177. The summed E-state index contributed by atoms with van der Waals surface area (Å²) in [4.78, 5) is 4.33. The van der Waals surface area contributed by atoms with E-state index >= 15 is 0 Å². The van der Waals surface area contributed by atoms with Crippen molar-refractivity contribution in [1.29, 1.82) is 0 Å². The van der Waals surface area contributed by atoms with Gasteiger partial charge in [-0.3, -0.25) is 4.98 Å². The summed E-state index contributed by atoms with van der Waals surface area (Å²) in [5.74, 6) is 0.933. The van der Waals surface area contributed by atoms with Gasteiger partial charge < -0.3 is 9.47 Å². The van der Waals surface area contributed by atoms with Crippen LogP contribution in [0, 0.1) is 6.92 Å². The molecule has 0 bridgehead atoms. The number of aryl methyl sites for hydroxylation is 2. The average Bonchev–Trinajstić information content (AvgIpc) is 2.23. The van der Waals surface area contributed by atoms with Gasteiger partial charge in [-0.05, 0) is 18.9 Å². The molecule has 3 heteroatoms. The van der Waals surface area contributed by atoms with Gasteiger partial charge in [-0.1, -0.05) is 13.3 Å². The fourth-order valence-corrected chi connectivity index (χ4v) is 1.75. The van der Waals surface area contributed by atoms with Gasteiger partial charge in [-0.15, -0.1) is 0 Å². The first kappa shape index (κ1) is 9.46.